The van der Waals surface area contributed by atoms with Gasteiger partial charge in [-0.3, -0.25) is 9.78 Å². The van der Waals surface area contributed by atoms with Gasteiger partial charge < -0.3 is 19.9 Å². The fourth-order valence-electron chi connectivity index (χ4n) is 2.52. The molecule has 2 aromatic heterocycles. The van der Waals surface area contributed by atoms with E-state index in [2.05, 4.69) is 15.3 Å². The van der Waals surface area contributed by atoms with Gasteiger partial charge in [-0.25, -0.2) is 4.98 Å². The van der Waals surface area contributed by atoms with E-state index in [1.165, 1.54) is 6.20 Å². The largest absolute Gasteiger partial charge is 0.474 e. The molecule has 2 aromatic rings. The Morgan fingerprint density at radius 2 is 2.12 bits per heavy atom. The van der Waals surface area contributed by atoms with E-state index in [4.69, 9.17) is 9.47 Å². The first kappa shape index (κ1) is 17.3. The van der Waals surface area contributed by atoms with Gasteiger partial charge in [0.05, 0.1) is 24.5 Å². The van der Waals surface area contributed by atoms with Gasteiger partial charge in [0.2, 0.25) is 5.88 Å². The summed E-state index contributed by atoms with van der Waals surface area (Å²) in [7, 11) is 0. The third-order valence-electron chi connectivity index (χ3n) is 3.94. The summed E-state index contributed by atoms with van der Waals surface area (Å²) in [5, 5.41) is 12.7. The number of amides is 1. The van der Waals surface area contributed by atoms with E-state index in [9.17, 15) is 9.90 Å². The van der Waals surface area contributed by atoms with E-state index in [1.807, 2.05) is 0 Å². The molecule has 1 saturated heterocycles. The van der Waals surface area contributed by atoms with Crippen LogP contribution in [-0.2, 0) is 4.74 Å². The van der Waals surface area contributed by atoms with E-state index >= 15 is 0 Å². The second kappa shape index (κ2) is 8.55. The monoisotopic (exact) mass is 343 g/mol. The van der Waals surface area contributed by atoms with Crippen molar-refractivity contribution in [3.8, 4) is 5.88 Å². The molecule has 0 saturated carbocycles. The maximum Gasteiger partial charge on any atom is 0.252 e. The lowest BCUT2D eigenvalue weighted by molar-refractivity contribution is 0.0237. The third kappa shape index (κ3) is 4.98. The van der Waals surface area contributed by atoms with Crippen molar-refractivity contribution in [2.45, 2.75) is 25.0 Å². The molecule has 1 aliphatic heterocycles. The van der Waals surface area contributed by atoms with Gasteiger partial charge in [-0.15, -0.1) is 0 Å². The van der Waals surface area contributed by atoms with Crippen LogP contribution in [-0.4, -0.2) is 46.8 Å². The minimum absolute atomic E-state index is 0.0795. The van der Waals surface area contributed by atoms with Crippen LogP contribution in [0.15, 0.2) is 42.7 Å². The van der Waals surface area contributed by atoms with Crippen molar-refractivity contribution < 1.29 is 19.4 Å². The van der Waals surface area contributed by atoms with Gasteiger partial charge in [-0.05, 0) is 18.2 Å². The van der Waals surface area contributed by atoms with Crippen molar-refractivity contribution >= 4 is 5.91 Å². The minimum Gasteiger partial charge on any atom is -0.474 e. The van der Waals surface area contributed by atoms with Crippen LogP contribution in [0.2, 0.25) is 0 Å². The zero-order valence-electron chi connectivity index (χ0n) is 13.8. The number of aliphatic hydroxyl groups excluding tert-OH is 1. The van der Waals surface area contributed by atoms with E-state index in [-0.39, 0.29) is 18.6 Å². The molecule has 3 heterocycles. The standard InChI is InChI=1S/C18H21N3O4/c22-16(15-3-1-2-8-19-15)12-21-18(23)13-4-5-17(20-11-13)25-14-6-9-24-10-7-14/h1-5,8,11,14,16,22H,6-7,9-10,12H2,(H,21,23)/t16-/m1/s1. The quantitative estimate of drug-likeness (QED) is 0.825. The molecule has 25 heavy (non-hydrogen) atoms. The molecule has 1 amide bonds. The summed E-state index contributed by atoms with van der Waals surface area (Å²) in [5.41, 5.74) is 0.925. The van der Waals surface area contributed by atoms with Gasteiger partial charge in [-0.1, -0.05) is 6.07 Å². The molecule has 0 aromatic carbocycles. The van der Waals surface area contributed by atoms with Gasteiger partial charge in [0, 0.05) is 37.8 Å². The number of carbonyl (C=O) groups excluding carboxylic acids is 1. The van der Waals surface area contributed by atoms with E-state index in [0.717, 1.165) is 12.8 Å². The maximum atomic E-state index is 12.1. The Labute approximate surface area is 146 Å². The lowest BCUT2D eigenvalue weighted by Crippen LogP contribution is -2.29. The van der Waals surface area contributed by atoms with Crippen LogP contribution in [0.4, 0.5) is 0 Å². The van der Waals surface area contributed by atoms with Gasteiger partial charge in [0.25, 0.3) is 5.91 Å². The molecular formula is C18H21N3O4. The number of ether oxygens (including phenoxy) is 2. The minimum atomic E-state index is -0.853. The molecule has 3 rings (SSSR count). The van der Waals surface area contributed by atoms with E-state index < -0.39 is 6.10 Å². The number of rotatable bonds is 6. The molecule has 0 radical (unpaired) electrons. The lowest BCUT2D eigenvalue weighted by atomic mass is 10.1. The number of aromatic nitrogens is 2. The maximum absolute atomic E-state index is 12.1. The van der Waals surface area contributed by atoms with Crippen LogP contribution in [0.25, 0.3) is 0 Å². The van der Waals surface area contributed by atoms with E-state index in [1.54, 1.807) is 36.5 Å². The van der Waals surface area contributed by atoms with Crippen LogP contribution < -0.4 is 10.1 Å². The second-order valence-corrected chi connectivity index (χ2v) is 5.80. The molecule has 1 aliphatic rings. The van der Waals surface area contributed by atoms with Crippen molar-refractivity contribution in [3.63, 3.8) is 0 Å². The van der Waals surface area contributed by atoms with Gasteiger partial charge >= 0.3 is 0 Å². The third-order valence-corrected chi connectivity index (χ3v) is 3.94. The Morgan fingerprint density at radius 3 is 2.80 bits per heavy atom. The Morgan fingerprint density at radius 1 is 1.28 bits per heavy atom. The lowest BCUT2D eigenvalue weighted by Gasteiger charge is -2.22. The smallest absolute Gasteiger partial charge is 0.252 e. The van der Waals surface area contributed by atoms with Crippen LogP contribution in [0, 0.1) is 0 Å². The fourth-order valence-corrected chi connectivity index (χ4v) is 2.52. The Kier molecular flexibility index (Phi) is 5.92. The van der Waals surface area contributed by atoms with Crippen LogP contribution in [0.3, 0.4) is 0 Å². The van der Waals surface area contributed by atoms with Crippen molar-refractivity contribution in [1.29, 1.82) is 0 Å². The Balaban J connectivity index is 1.50. The topological polar surface area (TPSA) is 93.6 Å². The Hall–Kier alpha value is -2.51. The first-order valence-electron chi connectivity index (χ1n) is 8.30. The van der Waals surface area contributed by atoms with Crippen molar-refractivity contribution in [2.75, 3.05) is 19.8 Å². The summed E-state index contributed by atoms with van der Waals surface area (Å²) < 4.78 is 11.1. The normalized spacial score (nSPS) is 16.2. The first-order valence-corrected chi connectivity index (χ1v) is 8.30. The van der Waals surface area contributed by atoms with Gasteiger partial charge in [-0.2, -0.15) is 0 Å². The number of aliphatic hydroxyl groups is 1. The molecule has 1 atom stereocenters. The second-order valence-electron chi connectivity index (χ2n) is 5.80. The average Bonchev–Trinajstić information content (AvgIpc) is 2.68. The predicted molar refractivity (Wildman–Crippen MR) is 90.2 cm³/mol. The molecule has 132 valence electrons. The van der Waals surface area contributed by atoms with Gasteiger partial charge in [0.15, 0.2) is 0 Å². The van der Waals surface area contributed by atoms with Crippen molar-refractivity contribution in [2.24, 2.45) is 0 Å². The molecule has 0 aliphatic carbocycles. The number of hydrogen-bond donors (Lipinski definition) is 2. The zero-order chi connectivity index (χ0) is 17.5. The summed E-state index contributed by atoms with van der Waals surface area (Å²) in [5.74, 6) is 0.192. The fraction of sp³-hybridized carbons (Fsp3) is 0.389. The molecule has 7 nitrogen and oxygen atoms in total. The van der Waals surface area contributed by atoms with Crippen LogP contribution >= 0.6 is 0 Å². The number of pyridine rings is 2. The molecular weight excluding hydrogens is 322 g/mol. The van der Waals surface area contributed by atoms with Crippen LogP contribution in [0.1, 0.15) is 35.0 Å². The molecule has 0 bridgehead atoms. The van der Waals surface area contributed by atoms with Crippen molar-refractivity contribution in [3.05, 3.63) is 54.0 Å². The first-order chi connectivity index (χ1) is 12.2. The molecule has 0 unspecified atom stereocenters. The number of nitrogens with one attached hydrogen (secondary N) is 1. The van der Waals surface area contributed by atoms with Crippen LogP contribution in [0.5, 0.6) is 5.88 Å². The average molecular weight is 343 g/mol. The predicted octanol–water partition coefficient (Wildman–Crippen LogP) is 1.50. The SMILES string of the molecule is O=C(NC[C@@H](O)c1ccccn1)c1ccc(OC2CCOCC2)nc1. The highest BCUT2D eigenvalue weighted by molar-refractivity contribution is 5.93. The van der Waals surface area contributed by atoms with Gasteiger partial charge in [0.1, 0.15) is 12.2 Å². The zero-order valence-corrected chi connectivity index (χ0v) is 13.8. The highest BCUT2D eigenvalue weighted by Crippen LogP contribution is 2.16. The molecule has 2 N–H and O–H groups in total. The summed E-state index contributed by atoms with van der Waals surface area (Å²) in [4.78, 5) is 20.4. The highest BCUT2D eigenvalue weighted by atomic mass is 16.5. The molecule has 7 heteroatoms. The summed E-state index contributed by atoms with van der Waals surface area (Å²) in [6.07, 6.45) is 4.01. The molecule has 0 spiro atoms. The van der Waals surface area contributed by atoms with Crippen molar-refractivity contribution in [1.82, 2.24) is 15.3 Å². The summed E-state index contributed by atoms with van der Waals surface area (Å²) in [6, 6.07) is 8.60. The van der Waals surface area contributed by atoms with E-state index in [0.29, 0.717) is 30.4 Å². The number of hydrogen-bond acceptors (Lipinski definition) is 6. The Bertz CT molecular complexity index is 672. The summed E-state index contributed by atoms with van der Waals surface area (Å²) >= 11 is 0. The number of carbonyl (C=O) groups is 1. The summed E-state index contributed by atoms with van der Waals surface area (Å²) in [6.45, 7) is 1.48. The number of nitrogens with zero attached hydrogens (tertiary/aromatic N) is 2. The highest BCUT2D eigenvalue weighted by Gasteiger charge is 2.16. The molecule has 1 fully saturated rings.